The van der Waals surface area contributed by atoms with Crippen LogP contribution in [0.4, 0.5) is 0 Å². The summed E-state index contributed by atoms with van der Waals surface area (Å²) >= 11 is 0. The third-order valence-corrected chi connectivity index (χ3v) is 4.78. The Bertz CT molecular complexity index is 769. The van der Waals surface area contributed by atoms with Gasteiger partial charge in [0.05, 0.1) is 17.2 Å². The van der Waals surface area contributed by atoms with Crippen molar-refractivity contribution in [2.75, 3.05) is 13.1 Å². The van der Waals surface area contributed by atoms with Crippen LogP contribution in [-0.2, 0) is 11.3 Å². The molecule has 0 aliphatic carbocycles. The summed E-state index contributed by atoms with van der Waals surface area (Å²) in [6.45, 7) is 5.28. The molecule has 1 aliphatic heterocycles. The molecule has 0 spiro atoms. The first-order valence-corrected chi connectivity index (χ1v) is 8.62. The number of carbonyl (C=O) groups is 2. The van der Waals surface area contributed by atoms with Crippen molar-refractivity contribution in [1.82, 2.24) is 14.7 Å². The van der Waals surface area contributed by atoms with Gasteiger partial charge in [-0.05, 0) is 18.9 Å². The number of nitrogens with zero attached hydrogens (tertiary/aromatic N) is 3. The number of likely N-dealkylation sites (tertiary alicyclic amines) is 1. The van der Waals surface area contributed by atoms with Crippen molar-refractivity contribution in [3.8, 4) is 0 Å². The van der Waals surface area contributed by atoms with E-state index in [4.69, 9.17) is 0 Å². The van der Waals surface area contributed by atoms with Gasteiger partial charge in [0.25, 0.3) is 5.91 Å². The lowest BCUT2D eigenvalue weighted by molar-refractivity contribution is -0.141. The number of rotatable bonds is 5. The number of carboxylic acid groups (broad SMARTS) is 1. The van der Waals surface area contributed by atoms with Crippen LogP contribution >= 0.6 is 0 Å². The van der Waals surface area contributed by atoms with E-state index in [2.05, 4.69) is 12.0 Å². The van der Waals surface area contributed by atoms with Gasteiger partial charge in [-0.15, -0.1) is 0 Å². The third-order valence-electron chi connectivity index (χ3n) is 4.78. The number of hydrogen-bond acceptors (Lipinski definition) is 3. The molecule has 6 heteroatoms. The molecule has 0 radical (unpaired) electrons. The number of aryl methyl sites for hydroxylation is 2. The van der Waals surface area contributed by atoms with Gasteiger partial charge in [0.1, 0.15) is 0 Å². The molecular weight excluding hydrogens is 318 g/mol. The predicted octanol–water partition coefficient (Wildman–Crippen LogP) is 2.54. The molecule has 132 valence electrons. The Morgan fingerprint density at radius 1 is 1.24 bits per heavy atom. The fourth-order valence-electron chi connectivity index (χ4n) is 3.50. The Kier molecular flexibility index (Phi) is 4.88. The number of carbonyl (C=O) groups excluding carboxylic acids is 1. The normalized spacial score (nSPS) is 20.0. The Balaban J connectivity index is 1.84. The summed E-state index contributed by atoms with van der Waals surface area (Å²) in [6, 6.07) is 9.57. The second-order valence-corrected chi connectivity index (χ2v) is 6.56. The van der Waals surface area contributed by atoms with E-state index in [0.29, 0.717) is 17.8 Å². The maximum Gasteiger partial charge on any atom is 0.308 e. The van der Waals surface area contributed by atoms with Crippen LogP contribution in [0, 0.1) is 12.8 Å². The number of aromatic nitrogens is 2. The highest BCUT2D eigenvalue weighted by Crippen LogP contribution is 2.33. The van der Waals surface area contributed by atoms with Crippen LogP contribution in [0.5, 0.6) is 0 Å². The highest BCUT2D eigenvalue weighted by atomic mass is 16.4. The smallest absolute Gasteiger partial charge is 0.308 e. The zero-order valence-corrected chi connectivity index (χ0v) is 14.6. The largest absolute Gasteiger partial charge is 0.481 e. The van der Waals surface area contributed by atoms with E-state index in [0.717, 1.165) is 18.5 Å². The highest BCUT2D eigenvalue weighted by Gasteiger charge is 2.41. The van der Waals surface area contributed by atoms with Crippen LogP contribution in [0.15, 0.2) is 36.5 Å². The minimum atomic E-state index is -0.859. The molecular formula is C19H23N3O3. The van der Waals surface area contributed by atoms with Gasteiger partial charge < -0.3 is 10.0 Å². The van der Waals surface area contributed by atoms with Crippen LogP contribution < -0.4 is 0 Å². The minimum Gasteiger partial charge on any atom is -0.481 e. The SMILES string of the molecule is CCCn1cc(C(=O)N2C[C@@H](C(=O)O)[C@H](c3ccccc3)C2)c(C)n1. The second-order valence-electron chi connectivity index (χ2n) is 6.56. The summed E-state index contributed by atoms with van der Waals surface area (Å²) in [7, 11) is 0. The molecule has 0 bridgehead atoms. The summed E-state index contributed by atoms with van der Waals surface area (Å²) in [5, 5.41) is 14.0. The molecule has 0 saturated carbocycles. The number of benzene rings is 1. The lowest BCUT2D eigenvalue weighted by Gasteiger charge is -2.16. The van der Waals surface area contributed by atoms with Crippen molar-refractivity contribution in [2.45, 2.75) is 32.7 Å². The van der Waals surface area contributed by atoms with Crippen molar-refractivity contribution in [1.29, 1.82) is 0 Å². The van der Waals surface area contributed by atoms with Crippen molar-refractivity contribution in [3.63, 3.8) is 0 Å². The van der Waals surface area contributed by atoms with Crippen LogP contribution in [0.3, 0.4) is 0 Å². The summed E-state index contributed by atoms with van der Waals surface area (Å²) in [5.41, 5.74) is 2.21. The molecule has 1 fully saturated rings. The summed E-state index contributed by atoms with van der Waals surface area (Å²) in [6.07, 6.45) is 2.71. The average molecular weight is 341 g/mol. The van der Waals surface area contributed by atoms with Crippen LogP contribution in [-0.4, -0.2) is 44.8 Å². The lowest BCUT2D eigenvalue weighted by atomic mass is 9.89. The first-order valence-electron chi connectivity index (χ1n) is 8.62. The molecule has 1 aromatic carbocycles. The van der Waals surface area contributed by atoms with E-state index in [1.165, 1.54) is 0 Å². The number of amides is 1. The zero-order valence-electron chi connectivity index (χ0n) is 14.6. The minimum absolute atomic E-state index is 0.135. The van der Waals surface area contributed by atoms with Gasteiger partial charge in [-0.2, -0.15) is 5.10 Å². The standard InChI is InChI=1S/C19H23N3O3/c1-3-9-22-12-15(13(2)20-22)18(23)21-10-16(17(11-21)19(24)25)14-7-5-4-6-8-14/h4-8,12,16-17H,3,9-11H2,1-2H3,(H,24,25)/t16-,17+/m0/s1. The monoisotopic (exact) mass is 341 g/mol. The zero-order chi connectivity index (χ0) is 18.0. The molecule has 2 atom stereocenters. The van der Waals surface area contributed by atoms with Crippen LogP contribution in [0.1, 0.15) is 40.9 Å². The second kappa shape index (κ2) is 7.09. The first-order chi connectivity index (χ1) is 12.0. The van der Waals surface area contributed by atoms with E-state index < -0.39 is 11.9 Å². The molecule has 1 saturated heterocycles. The van der Waals surface area contributed by atoms with Gasteiger partial charge in [0.15, 0.2) is 0 Å². The van der Waals surface area contributed by atoms with E-state index in [1.807, 2.05) is 37.3 Å². The Morgan fingerprint density at radius 2 is 1.96 bits per heavy atom. The molecule has 0 unspecified atom stereocenters. The van der Waals surface area contributed by atoms with E-state index >= 15 is 0 Å². The molecule has 1 aliphatic rings. The molecule has 25 heavy (non-hydrogen) atoms. The Labute approximate surface area is 147 Å². The average Bonchev–Trinajstić information content (AvgIpc) is 3.19. The van der Waals surface area contributed by atoms with Crippen LogP contribution in [0.25, 0.3) is 0 Å². The number of aliphatic carboxylic acids is 1. The van der Waals surface area contributed by atoms with Gasteiger partial charge in [-0.1, -0.05) is 37.3 Å². The van der Waals surface area contributed by atoms with Crippen molar-refractivity contribution < 1.29 is 14.7 Å². The maximum absolute atomic E-state index is 12.9. The van der Waals surface area contributed by atoms with Gasteiger partial charge in [0, 0.05) is 31.7 Å². The van der Waals surface area contributed by atoms with E-state index in [9.17, 15) is 14.7 Å². The topological polar surface area (TPSA) is 75.4 Å². The molecule has 1 aromatic heterocycles. The first kappa shape index (κ1) is 17.2. The molecule has 1 amide bonds. The van der Waals surface area contributed by atoms with E-state index in [-0.39, 0.29) is 18.4 Å². The summed E-state index contributed by atoms with van der Waals surface area (Å²) in [4.78, 5) is 26.3. The molecule has 1 N–H and O–H groups in total. The van der Waals surface area contributed by atoms with Crippen molar-refractivity contribution in [3.05, 3.63) is 53.3 Å². The van der Waals surface area contributed by atoms with Crippen molar-refractivity contribution in [2.24, 2.45) is 5.92 Å². The lowest BCUT2D eigenvalue weighted by Crippen LogP contribution is -2.30. The summed E-state index contributed by atoms with van der Waals surface area (Å²) in [5.74, 6) is -1.77. The van der Waals surface area contributed by atoms with Gasteiger partial charge in [-0.25, -0.2) is 0 Å². The fourth-order valence-corrected chi connectivity index (χ4v) is 3.50. The molecule has 2 heterocycles. The van der Waals surface area contributed by atoms with Crippen molar-refractivity contribution >= 4 is 11.9 Å². The number of hydrogen-bond donors (Lipinski definition) is 1. The predicted molar refractivity (Wildman–Crippen MR) is 93.5 cm³/mol. The summed E-state index contributed by atoms with van der Waals surface area (Å²) < 4.78 is 1.78. The van der Waals surface area contributed by atoms with Gasteiger partial charge in [-0.3, -0.25) is 14.3 Å². The third kappa shape index (κ3) is 3.43. The highest BCUT2D eigenvalue weighted by molar-refractivity contribution is 5.95. The Hall–Kier alpha value is -2.63. The quantitative estimate of drug-likeness (QED) is 0.907. The molecule has 6 nitrogen and oxygen atoms in total. The fraction of sp³-hybridized carbons (Fsp3) is 0.421. The molecule has 3 rings (SSSR count). The Morgan fingerprint density at radius 3 is 2.60 bits per heavy atom. The van der Waals surface area contributed by atoms with E-state index in [1.54, 1.807) is 15.8 Å². The number of carboxylic acids is 1. The molecule has 2 aromatic rings. The van der Waals surface area contributed by atoms with Gasteiger partial charge in [0.2, 0.25) is 0 Å². The van der Waals surface area contributed by atoms with Gasteiger partial charge >= 0.3 is 5.97 Å². The van der Waals surface area contributed by atoms with Crippen LogP contribution in [0.2, 0.25) is 0 Å². The maximum atomic E-state index is 12.9.